The van der Waals surface area contributed by atoms with E-state index in [9.17, 15) is 14.4 Å². The van der Waals surface area contributed by atoms with Crippen LogP contribution in [0.4, 0.5) is 5.69 Å². The monoisotopic (exact) mass is 446 g/mol. The predicted molar refractivity (Wildman–Crippen MR) is 125 cm³/mol. The van der Waals surface area contributed by atoms with Crippen LogP contribution in [0, 0.1) is 0 Å². The molecule has 0 saturated carbocycles. The zero-order valence-electron chi connectivity index (χ0n) is 18.6. The number of aryl methyl sites for hydroxylation is 1. The largest absolute Gasteiger partial charge is 0.496 e. The number of amides is 2. The maximum absolute atomic E-state index is 12.5. The summed E-state index contributed by atoms with van der Waals surface area (Å²) in [6.07, 6.45) is 0.959. The van der Waals surface area contributed by atoms with Gasteiger partial charge in [-0.15, -0.1) is 0 Å². The number of benzene rings is 3. The van der Waals surface area contributed by atoms with E-state index in [1.165, 1.54) is 13.0 Å². The number of para-hydroxylation sites is 1. The predicted octanol–water partition coefficient (Wildman–Crippen LogP) is 4.12. The molecule has 2 N–H and O–H groups in total. The van der Waals surface area contributed by atoms with Gasteiger partial charge in [0.2, 0.25) is 5.91 Å². The Hall–Kier alpha value is -4.13. The van der Waals surface area contributed by atoms with Crippen molar-refractivity contribution in [2.24, 2.45) is 0 Å². The number of anilines is 1. The first kappa shape index (κ1) is 23.5. The molecular weight excluding hydrogens is 420 g/mol. The first-order valence-corrected chi connectivity index (χ1v) is 10.5. The third-order valence-corrected chi connectivity index (χ3v) is 4.87. The molecule has 0 fully saturated rings. The van der Waals surface area contributed by atoms with Crippen LogP contribution in [0.25, 0.3) is 0 Å². The molecule has 0 aliphatic rings. The number of hydrogen-bond donors (Lipinski definition) is 2. The minimum atomic E-state index is -0.449. The van der Waals surface area contributed by atoms with Crippen LogP contribution in [-0.2, 0) is 22.6 Å². The molecule has 170 valence electrons. The van der Waals surface area contributed by atoms with Crippen LogP contribution in [0.2, 0.25) is 0 Å². The summed E-state index contributed by atoms with van der Waals surface area (Å²) in [6.45, 7) is 1.70. The van der Waals surface area contributed by atoms with Gasteiger partial charge in [0.1, 0.15) is 11.5 Å². The first-order chi connectivity index (χ1) is 15.9. The fourth-order valence-corrected chi connectivity index (χ4v) is 3.22. The van der Waals surface area contributed by atoms with Crippen LogP contribution in [-0.4, -0.2) is 24.9 Å². The Balaban J connectivity index is 1.48. The lowest BCUT2D eigenvalue weighted by Gasteiger charge is -2.10. The highest BCUT2D eigenvalue weighted by atomic mass is 16.5. The number of carbonyl (C=O) groups excluding carboxylic acids is 3. The smallest absolute Gasteiger partial charge is 0.308 e. The Morgan fingerprint density at radius 2 is 1.67 bits per heavy atom. The number of carbonyl (C=O) groups is 3. The molecule has 3 aromatic carbocycles. The van der Waals surface area contributed by atoms with Crippen LogP contribution in [0.5, 0.6) is 11.5 Å². The summed E-state index contributed by atoms with van der Waals surface area (Å²) < 4.78 is 10.3. The zero-order chi connectivity index (χ0) is 23.6. The molecule has 0 spiro atoms. The molecule has 2 amide bonds. The minimum Gasteiger partial charge on any atom is -0.496 e. The second-order valence-electron chi connectivity index (χ2n) is 7.36. The van der Waals surface area contributed by atoms with E-state index in [-0.39, 0.29) is 11.8 Å². The lowest BCUT2D eigenvalue weighted by atomic mass is 10.1. The third-order valence-electron chi connectivity index (χ3n) is 4.87. The molecule has 0 radical (unpaired) electrons. The van der Waals surface area contributed by atoms with Crippen LogP contribution in [0.3, 0.4) is 0 Å². The van der Waals surface area contributed by atoms with Crippen molar-refractivity contribution in [2.75, 3.05) is 12.4 Å². The normalized spacial score (nSPS) is 10.2. The second kappa shape index (κ2) is 11.5. The number of rotatable bonds is 9. The second-order valence-corrected chi connectivity index (χ2v) is 7.36. The van der Waals surface area contributed by atoms with E-state index in [0.717, 1.165) is 16.9 Å². The van der Waals surface area contributed by atoms with E-state index in [1.54, 1.807) is 37.4 Å². The van der Waals surface area contributed by atoms with Crippen molar-refractivity contribution in [1.82, 2.24) is 5.32 Å². The lowest BCUT2D eigenvalue weighted by Crippen LogP contribution is -2.23. The van der Waals surface area contributed by atoms with Gasteiger partial charge in [0.05, 0.1) is 7.11 Å². The van der Waals surface area contributed by atoms with Gasteiger partial charge in [-0.25, -0.2) is 0 Å². The van der Waals surface area contributed by atoms with E-state index >= 15 is 0 Å². The summed E-state index contributed by atoms with van der Waals surface area (Å²) in [5.74, 6) is 0.273. The van der Waals surface area contributed by atoms with E-state index in [0.29, 0.717) is 36.4 Å². The molecule has 3 rings (SSSR count). The van der Waals surface area contributed by atoms with Crippen LogP contribution in [0.15, 0.2) is 72.8 Å². The third kappa shape index (κ3) is 7.21. The fraction of sp³-hybridized carbons (Fsp3) is 0.192. The number of methoxy groups -OCH3 is 1. The van der Waals surface area contributed by atoms with E-state index in [2.05, 4.69) is 10.6 Å². The SMILES string of the molecule is COc1ccccc1CCC(=O)NCc1ccc(NC(=O)c2cccc(OC(C)=O)c2)cc1. The summed E-state index contributed by atoms with van der Waals surface area (Å²) in [7, 11) is 1.62. The molecule has 33 heavy (non-hydrogen) atoms. The molecule has 0 aromatic heterocycles. The number of esters is 1. The Kier molecular flexibility index (Phi) is 8.18. The van der Waals surface area contributed by atoms with Crippen molar-refractivity contribution in [3.8, 4) is 11.5 Å². The molecule has 0 atom stereocenters. The fourth-order valence-electron chi connectivity index (χ4n) is 3.22. The topological polar surface area (TPSA) is 93.7 Å². The maximum Gasteiger partial charge on any atom is 0.308 e. The summed E-state index contributed by atoms with van der Waals surface area (Å²) >= 11 is 0. The quantitative estimate of drug-likeness (QED) is 0.381. The maximum atomic E-state index is 12.5. The van der Waals surface area contributed by atoms with Gasteiger partial charge in [0.15, 0.2) is 0 Å². The summed E-state index contributed by atoms with van der Waals surface area (Å²) in [4.78, 5) is 35.8. The number of nitrogens with one attached hydrogen (secondary N) is 2. The zero-order valence-corrected chi connectivity index (χ0v) is 18.6. The van der Waals surface area contributed by atoms with Gasteiger partial charge >= 0.3 is 5.97 Å². The van der Waals surface area contributed by atoms with Gasteiger partial charge in [-0.3, -0.25) is 14.4 Å². The highest BCUT2D eigenvalue weighted by Gasteiger charge is 2.09. The average Bonchev–Trinajstić information content (AvgIpc) is 2.82. The lowest BCUT2D eigenvalue weighted by molar-refractivity contribution is -0.131. The van der Waals surface area contributed by atoms with Crippen LogP contribution < -0.4 is 20.1 Å². The van der Waals surface area contributed by atoms with Crippen molar-refractivity contribution < 1.29 is 23.9 Å². The van der Waals surface area contributed by atoms with Gasteiger partial charge in [-0.1, -0.05) is 36.4 Å². The van der Waals surface area contributed by atoms with E-state index in [1.807, 2.05) is 36.4 Å². The molecule has 7 nitrogen and oxygen atoms in total. The molecular formula is C26H26N2O5. The molecule has 3 aromatic rings. The minimum absolute atomic E-state index is 0.0500. The van der Waals surface area contributed by atoms with Gasteiger partial charge < -0.3 is 20.1 Å². The summed E-state index contributed by atoms with van der Waals surface area (Å²) in [5, 5.41) is 5.71. The van der Waals surface area contributed by atoms with Gasteiger partial charge in [0.25, 0.3) is 5.91 Å². The van der Waals surface area contributed by atoms with Crippen LogP contribution in [0.1, 0.15) is 34.8 Å². The highest BCUT2D eigenvalue weighted by Crippen LogP contribution is 2.19. The molecule has 7 heteroatoms. The Morgan fingerprint density at radius 3 is 2.39 bits per heavy atom. The molecule has 0 saturated heterocycles. The molecule has 0 aliphatic carbocycles. The van der Waals surface area contributed by atoms with E-state index in [4.69, 9.17) is 9.47 Å². The summed E-state index contributed by atoms with van der Waals surface area (Å²) in [5.41, 5.74) is 2.90. The Morgan fingerprint density at radius 1 is 0.909 bits per heavy atom. The number of hydrogen-bond acceptors (Lipinski definition) is 5. The van der Waals surface area contributed by atoms with Crippen molar-refractivity contribution in [1.29, 1.82) is 0 Å². The first-order valence-electron chi connectivity index (χ1n) is 10.5. The highest BCUT2D eigenvalue weighted by molar-refractivity contribution is 6.04. The van der Waals surface area contributed by atoms with Gasteiger partial charge in [-0.05, 0) is 53.9 Å². The molecule has 0 unspecified atom stereocenters. The van der Waals surface area contributed by atoms with Crippen molar-refractivity contribution in [3.63, 3.8) is 0 Å². The van der Waals surface area contributed by atoms with Gasteiger partial charge in [-0.2, -0.15) is 0 Å². The Labute approximate surface area is 192 Å². The standard InChI is InChI=1S/C26H26N2O5/c1-18(29)33-23-8-5-7-21(16-23)26(31)28-22-13-10-19(11-14-22)17-27-25(30)15-12-20-6-3-4-9-24(20)32-2/h3-11,13-14,16H,12,15,17H2,1-2H3,(H,27,30)(H,28,31). The average molecular weight is 447 g/mol. The van der Waals surface area contributed by atoms with Crippen molar-refractivity contribution in [2.45, 2.75) is 26.3 Å². The van der Waals surface area contributed by atoms with Crippen molar-refractivity contribution in [3.05, 3.63) is 89.5 Å². The molecule has 0 heterocycles. The Bertz CT molecular complexity index is 1130. The number of ether oxygens (including phenoxy) is 2. The van der Waals surface area contributed by atoms with Gasteiger partial charge in [0, 0.05) is 31.1 Å². The molecule has 0 bridgehead atoms. The van der Waals surface area contributed by atoms with E-state index < -0.39 is 5.97 Å². The van der Waals surface area contributed by atoms with Crippen molar-refractivity contribution >= 4 is 23.5 Å². The molecule has 0 aliphatic heterocycles. The van der Waals surface area contributed by atoms with Crippen LogP contribution >= 0.6 is 0 Å². The summed E-state index contributed by atoms with van der Waals surface area (Å²) in [6, 6.07) is 21.3.